The highest BCUT2D eigenvalue weighted by molar-refractivity contribution is 7.99. The monoisotopic (exact) mass is 229 g/mol. The molecule has 15 heavy (non-hydrogen) atoms. The second kappa shape index (κ2) is 5.69. The van der Waals surface area contributed by atoms with Crippen molar-refractivity contribution in [2.45, 2.75) is 31.5 Å². The molecule has 0 fully saturated rings. The number of carbonyl (C=O) groups is 1. The lowest BCUT2D eigenvalue weighted by Crippen LogP contribution is -2.33. The summed E-state index contributed by atoms with van der Waals surface area (Å²) in [6.07, 6.45) is 0.932. The van der Waals surface area contributed by atoms with Crippen LogP contribution in [0.2, 0.25) is 0 Å². The molecule has 1 amide bonds. The highest BCUT2D eigenvalue weighted by atomic mass is 32.2. The zero-order chi connectivity index (χ0) is 11.3. The Bertz CT molecular complexity index is 327. The Labute approximate surface area is 92.8 Å². The first-order valence-corrected chi connectivity index (χ1v) is 5.76. The average molecular weight is 229 g/mol. The number of hydrogen-bond acceptors (Lipinski definition) is 5. The zero-order valence-corrected chi connectivity index (χ0v) is 9.91. The summed E-state index contributed by atoms with van der Waals surface area (Å²) in [6, 6.07) is 0.218. The van der Waals surface area contributed by atoms with E-state index < -0.39 is 0 Å². The van der Waals surface area contributed by atoms with Crippen molar-refractivity contribution < 1.29 is 4.79 Å². The number of tetrazole rings is 1. The maximum Gasteiger partial charge on any atom is 0.230 e. The van der Waals surface area contributed by atoms with E-state index in [0.29, 0.717) is 10.9 Å². The van der Waals surface area contributed by atoms with Gasteiger partial charge in [0.15, 0.2) is 0 Å². The van der Waals surface area contributed by atoms with Crippen LogP contribution in [0.5, 0.6) is 0 Å². The van der Waals surface area contributed by atoms with Crippen LogP contribution in [0.3, 0.4) is 0 Å². The Morgan fingerprint density at radius 2 is 2.40 bits per heavy atom. The molecule has 0 aromatic carbocycles. The Morgan fingerprint density at radius 3 is 2.93 bits per heavy atom. The summed E-state index contributed by atoms with van der Waals surface area (Å²) < 4.78 is 1.54. The van der Waals surface area contributed by atoms with Gasteiger partial charge in [-0.25, -0.2) is 4.68 Å². The van der Waals surface area contributed by atoms with Crippen LogP contribution in [0, 0.1) is 0 Å². The van der Waals surface area contributed by atoms with Crippen molar-refractivity contribution in [1.29, 1.82) is 0 Å². The van der Waals surface area contributed by atoms with E-state index in [0.717, 1.165) is 6.42 Å². The molecule has 6 nitrogen and oxygen atoms in total. The minimum absolute atomic E-state index is 0.0114. The standard InChI is InChI=1S/C8H15N5OS/c1-4-6(2)9-7(14)5-15-8-10-11-12-13(8)3/h6H,4-5H2,1-3H3,(H,9,14). The second-order valence-corrected chi connectivity index (χ2v) is 4.19. The minimum atomic E-state index is 0.0114. The maximum atomic E-state index is 11.4. The van der Waals surface area contributed by atoms with E-state index in [9.17, 15) is 4.79 Å². The number of rotatable bonds is 5. The van der Waals surface area contributed by atoms with Crippen LogP contribution >= 0.6 is 11.8 Å². The molecule has 0 aliphatic rings. The highest BCUT2D eigenvalue weighted by Gasteiger charge is 2.09. The SMILES string of the molecule is CCC(C)NC(=O)CSc1nnnn1C. The third kappa shape index (κ3) is 3.86. The number of hydrogen-bond donors (Lipinski definition) is 1. The first-order valence-electron chi connectivity index (χ1n) is 4.78. The predicted molar refractivity (Wildman–Crippen MR) is 57.4 cm³/mol. The molecule has 1 aromatic rings. The fraction of sp³-hybridized carbons (Fsp3) is 0.750. The van der Waals surface area contributed by atoms with Crippen LogP contribution in [-0.4, -0.2) is 37.9 Å². The summed E-state index contributed by atoms with van der Waals surface area (Å²) >= 11 is 1.33. The molecule has 1 unspecified atom stereocenters. The Balaban J connectivity index is 2.31. The van der Waals surface area contributed by atoms with Crippen LogP contribution in [0.1, 0.15) is 20.3 Å². The molecule has 1 N–H and O–H groups in total. The molecule has 1 aromatic heterocycles. The number of carbonyl (C=O) groups excluding carboxylic acids is 1. The van der Waals surface area contributed by atoms with Gasteiger partial charge in [-0.1, -0.05) is 18.7 Å². The van der Waals surface area contributed by atoms with E-state index in [1.807, 2.05) is 13.8 Å². The lowest BCUT2D eigenvalue weighted by molar-refractivity contribution is -0.119. The molecule has 0 saturated heterocycles. The summed E-state index contributed by atoms with van der Waals surface area (Å²) in [6.45, 7) is 4.01. The Morgan fingerprint density at radius 1 is 1.67 bits per heavy atom. The lowest BCUT2D eigenvalue weighted by Gasteiger charge is -2.10. The van der Waals surface area contributed by atoms with E-state index >= 15 is 0 Å². The van der Waals surface area contributed by atoms with Crippen molar-refractivity contribution in [3.8, 4) is 0 Å². The number of aryl methyl sites for hydroxylation is 1. The van der Waals surface area contributed by atoms with Gasteiger partial charge in [0.25, 0.3) is 0 Å². The molecule has 0 spiro atoms. The van der Waals surface area contributed by atoms with Crippen LogP contribution in [0.4, 0.5) is 0 Å². The third-order valence-electron chi connectivity index (χ3n) is 1.93. The van der Waals surface area contributed by atoms with Crippen molar-refractivity contribution in [2.75, 3.05) is 5.75 Å². The molecule has 0 aliphatic carbocycles. The smallest absolute Gasteiger partial charge is 0.230 e. The first kappa shape index (κ1) is 12.0. The number of nitrogens with zero attached hydrogens (tertiary/aromatic N) is 4. The van der Waals surface area contributed by atoms with Gasteiger partial charge >= 0.3 is 0 Å². The van der Waals surface area contributed by atoms with Crippen molar-refractivity contribution in [1.82, 2.24) is 25.5 Å². The van der Waals surface area contributed by atoms with Gasteiger partial charge in [-0.15, -0.1) is 5.10 Å². The fourth-order valence-corrected chi connectivity index (χ4v) is 1.55. The summed E-state index contributed by atoms with van der Waals surface area (Å²) in [4.78, 5) is 11.4. The molecular formula is C8H15N5OS. The summed E-state index contributed by atoms with van der Waals surface area (Å²) in [5, 5.41) is 14.5. The van der Waals surface area contributed by atoms with Crippen LogP contribution in [0.25, 0.3) is 0 Å². The maximum absolute atomic E-state index is 11.4. The molecule has 0 aliphatic heterocycles. The summed E-state index contributed by atoms with van der Waals surface area (Å²) in [7, 11) is 1.74. The summed E-state index contributed by atoms with van der Waals surface area (Å²) in [5.74, 6) is 0.357. The summed E-state index contributed by atoms with van der Waals surface area (Å²) in [5.41, 5.74) is 0. The lowest BCUT2D eigenvalue weighted by atomic mass is 10.3. The van der Waals surface area contributed by atoms with Gasteiger partial charge < -0.3 is 5.32 Å². The largest absolute Gasteiger partial charge is 0.353 e. The quantitative estimate of drug-likeness (QED) is 0.731. The molecule has 0 saturated carbocycles. The van der Waals surface area contributed by atoms with Crippen molar-refractivity contribution >= 4 is 17.7 Å². The molecular weight excluding hydrogens is 214 g/mol. The van der Waals surface area contributed by atoms with Gasteiger partial charge in [0, 0.05) is 13.1 Å². The number of nitrogens with one attached hydrogen (secondary N) is 1. The van der Waals surface area contributed by atoms with E-state index in [4.69, 9.17) is 0 Å². The minimum Gasteiger partial charge on any atom is -0.353 e. The van der Waals surface area contributed by atoms with Gasteiger partial charge in [-0.2, -0.15) is 0 Å². The van der Waals surface area contributed by atoms with Crippen LogP contribution in [0.15, 0.2) is 5.16 Å². The zero-order valence-electron chi connectivity index (χ0n) is 9.10. The van der Waals surface area contributed by atoms with Gasteiger partial charge in [0.1, 0.15) is 0 Å². The molecule has 1 atom stereocenters. The van der Waals surface area contributed by atoms with Crippen molar-refractivity contribution in [3.63, 3.8) is 0 Å². The average Bonchev–Trinajstić information content (AvgIpc) is 2.61. The Hall–Kier alpha value is -1.11. The number of amides is 1. The van der Waals surface area contributed by atoms with E-state index in [-0.39, 0.29) is 11.9 Å². The Kier molecular flexibility index (Phi) is 4.54. The molecule has 0 bridgehead atoms. The predicted octanol–water partition coefficient (Wildman–Crippen LogP) is 0.217. The molecule has 7 heteroatoms. The van der Waals surface area contributed by atoms with Crippen molar-refractivity contribution in [3.05, 3.63) is 0 Å². The second-order valence-electron chi connectivity index (χ2n) is 3.25. The first-order chi connectivity index (χ1) is 7.13. The van der Waals surface area contributed by atoms with E-state index in [1.165, 1.54) is 11.8 Å². The van der Waals surface area contributed by atoms with Gasteiger partial charge in [0.2, 0.25) is 11.1 Å². The normalized spacial score (nSPS) is 12.5. The molecule has 1 heterocycles. The topological polar surface area (TPSA) is 72.7 Å². The third-order valence-corrected chi connectivity index (χ3v) is 2.94. The van der Waals surface area contributed by atoms with Gasteiger partial charge in [0.05, 0.1) is 5.75 Å². The number of thioether (sulfide) groups is 1. The van der Waals surface area contributed by atoms with E-state index in [2.05, 4.69) is 20.8 Å². The van der Waals surface area contributed by atoms with E-state index in [1.54, 1.807) is 11.7 Å². The molecule has 1 rings (SSSR count). The van der Waals surface area contributed by atoms with Gasteiger partial charge in [-0.05, 0) is 23.8 Å². The molecule has 84 valence electrons. The number of aromatic nitrogens is 4. The van der Waals surface area contributed by atoms with Crippen LogP contribution < -0.4 is 5.32 Å². The van der Waals surface area contributed by atoms with Crippen molar-refractivity contribution in [2.24, 2.45) is 7.05 Å². The fourth-order valence-electron chi connectivity index (χ4n) is 0.892. The van der Waals surface area contributed by atoms with Gasteiger partial charge in [-0.3, -0.25) is 4.79 Å². The highest BCUT2D eigenvalue weighted by Crippen LogP contribution is 2.11. The van der Waals surface area contributed by atoms with Crippen LogP contribution in [-0.2, 0) is 11.8 Å². The molecule has 0 radical (unpaired) electrons.